The summed E-state index contributed by atoms with van der Waals surface area (Å²) in [6.07, 6.45) is -2.23. The molecule has 0 spiro atoms. The molecule has 2 atom stereocenters. The summed E-state index contributed by atoms with van der Waals surface area (Å²) in [5.74, 6) is -1.61. The molecule has 2 unspecified atom stereocenters. The molecule has 2 amide bonds. The predicted molar refractivity (Wildman–Crippen MR) is 165 cm³/mol. The molecule has 0 saturated carbocycles. The summed E-state index contributed by atoms with van der Waals surface area (Å²) >= 11 is 0. The third-order valence-electron chi connectivity index (χ3n) is 7.06. The lowest BCUT2D eigenvalue weighted by Crippen LogP contribution is -2.39. The van der Waals surface area contributed by atoms with Crippen molar-refractivity contribution in [2.45, 2.75) is 12.3 Å². The normalized spacial score (nSPS) is 17.5. The van der Waals surface area contributed by atoms with Gasteiger partial charge in [-0.25, -0.2) is 8.78 Å². The van der Waals surface area contributed by atoms with Crippen LogP contribution in [0.5, 0.6) is 0 Å². The van der Waals surface area contributed by atoms with Crippen LogP contribution in [0.3, 0.4) is 0 Å². The van der Waals surface area contributed by atoms with Crippen LogP contribution in [0.1, 0.15) is 22.3 Å². The lowest BCUT2D eigenvalue weighted by molar-refractivity contribution is -0.120. The van der Waals surface area contributed by atoms with Gasteiger partial charge in [0.05, 0.1) is 22.8 Å². The van der Waals surface area contributed by atoms with E-state index in [1.54, 1.807) is 32.3 Å². The number of benzodiazepines with no additional fused rings is 2. The Morgan fingerprint density at radius 2 is 1.18 bits per heavy atom. The predicted octanol–water partition coefficient (Wildman–Crippen LogP) is 5.20. The summed E-state index contributed by atoms with van der Waals surface area (Å²) in [5, 5.41) is 3.46. The number of anilines is 2. The number of carbonyl (C=O) groups excluding carboxylic acids is 2. The number of azide groups is 1. The van der Waals surface area contributed by atoms with Gasteiger partial charge in [-0.1, -0.05) is 65.8 Å². The van der Waals surface area contributed by atoms with Gasteiger partial charge in [0.2, 0.25) is 6.17 Å². The molecular formula is C32H26F2N8O2. The monoisotopic (exact) mass is 592 g/mol. The summed E-state index contributed by atoms with van der Waals surface area (Å²) in [7, 11) is 3.16. The van der Waals surface area contributed by atoms with Gasteiger partial charge in [-0.2, -0.15) is 0 Å². The molecule has 0 bridgehead atoms. The van der Waals surface area contributed by atoms with E-state index in [2.05, 4.69) is 20.0 Å². The minimum Gasteiger partial charge on any atom is -0.313 e. The second-order valence-corrected chi connectivity index (χ2v) is 9.83. The summed E-state index contributed by atoms with van der Waals surface area (Å²) in [6, 6.07) is 26.8. The van der Waals surface area contributed by atoms with Gasteiger partial charge in [-0.15, -0.1) is 0 Å². The number of rotatable bonds is 3. The fraction of sp³-hybridized carbons (Fsp3) is 0.125. The topological polar surface area (TPSA) is 140 Å². The van der Waals surface area contributed by atoms with Crippen molar-refractivity contribution in [2.75, 3.05) is 23.9 Å². The maximum atomic E-state index is 13.7. The summed E-state index contributed by atoms with van der Waals surface area (Å²) < 4.78 is 27.4. The number of amides is 2. The van der Waals surface area contributed by atoms with Gasteiger partial charge in [0, 0.05) is 41.3 Å². The minimum absolute atomic E-state index is 0.325. The average molecular weight is 593 g/mol. The quantitative estimate of drug-likeness (QED) is 0.199. The van der Waals surface area contributed by atoms with E-state index >= 15 is 0 Å². The van der Waals surface area contributed by atoms with Crippen molar-refractivity contribution in [2.24, 2.45) is 20.8 Å². The van der Waals surface area contributed by atoms with Gasteiger partial charge in [-0.3, -0.25) is 19.6 Å². The summed E-state index contributed by atoms with van der Waals surface area (Å²) in [5.41, 5.74) is 19.1. The van der Waals surface area contributed by atoms with Gasteiger partial charge in [0.1, 0.15) is 11.6 Å². The number of benzene rings is 4. The molecule has 0 aliphatic carbocycles. The Balaban J connectivity index is 0.000000175. The Bertz CT molecular complexity index is 1840. The van der Waals surface area contributed by atoms with Crippen molar-refractivity contribution in [1.29, 1.82) is 0 Å². The van der Waals surface area contributed by atoms with Crippen molar-refractivity contribution in [3.8, 4) is 0 Å². The lowest BCUT2D eigenvalue weighted by Gasteiger charge is -2.18. The number of aliphatic imine (C=N–C) groups is 2. The highest BCUT2D eigenvalue weighted by Gasteiger charge is 2.30. The highest BCUT2D eigenvalue weighted by atomic mass is 19.1. The van der Waals surface area contributed by atoms with Crippen molar-refractivity contribution >= 4 is 34.6 Å². The van der Waals surface area contributed by atoms with Crippen LogP contribution in [-0.4, -0.2) is 49.7 Å². The molecule has 2 aliphatic heterocycles. The first kappa shape index (κ1) is 29.8. The van der Waals surface area contributed by atoms with E-state index in [1.165, 1.54) is 40.1 Å². The Hall–Kier alpha value is -5.71. The molecule has 12 heteroatoms. The number of fused-ring (bicyclic) bond motifs is 2. The van der Waals surface area contributed by atoms with Gasteiger partial charge in [-0.05, 0) is 41.9 Å². The number of hydrogen-bond acceptors (Lipinski definition) is 6. The van der Waals surface area contributed by atoms with Gasteiger partial charge >= 0.3 is 0 Å². The SMILES string of the molecule is CN1C(=O)C(N)N=C(c2ccccc2)c2cc(F)ccc21.CN1C(=O)C(N=[N+]=[N-])N=C(c2ccccc2)c2cc(F)ccc21. The van der Waals surface area contributed by atoms with Crippen LogP contribution in [0.4, 0.5) is 20.2 Å². The highest BCUT2D eigenvalue weighted by molar-refractivity contribution is 6.21. The Kier molecular flexibility index (Phi) is 8.56. The summed E-state index contributed by atoms with van der Waals surface area (Å²) in [6.45, 7) is 0. The first-order chi connectivity index (χ1) is 21.2. The van der Waals surface area contributed by atoms with E-state index in [0.717, 1.165) is 5.56 Å². The van der Waals surface area contributed by atoms with Crippen molar-refractivity contribution in [1.82, 2.24) is 0 Å². The van der Waals surface area contributed by atoms with Crippen LogP contribution in [0.2, 0.25) is 0 Å². The number of carbonyl (C=O) groups is 2. The Morgan fingerprint density at radius 1 is 0.727 bits per heavy atom. The van der Waals surface area contributed by atoms with Crippen molar-refractivity contribution < 1.29 is 18.4 Å². The molecule has 2 heterocycles. The first-order valence-electron chi connectivity index (χ1n) is 13.4. The van der Waals surface area contributed by atoms with Crippen LogP contribution in [0.15, 0.2) is 112 Å². The largest absolute Gasteiger partial charge is 0.313 e. The van der Waals surface area contributed by atoms with Crippen molar-refractivity contribution in [3.63, 3.8) is 0 Å². The molecule has 2 aliphatic rings. The molecule has 0 radical (unpaired) electrons. The minimum atomic E-state index is -1.23. The van der Waals surface area contributed by atoms with E-state index in [1.807, 2.05) is 48.5 Å². The van der Waals surface area contributed by atoms with Gasteiger partial charge < -0.3 is 15.5 Å². The fourth-order valence-electron chi connectivity index (χ4n) is 4.88. The van der Waals surface area contributed by atoms with Crippen LogP contribution in [0, 0.1) is 11.6 Å². The van der Waals surface area contributed by atoms with E-state index in [4.69, 9.17) is 11.3 Å². The standard InChI is InChI=1S/C16H12FN5O.C16H14FN3O/c1-22-13-8-7-11(17)9-12(13)14(10-5-3-2-4-6-10)19-15(16(22)23)20-21-18;1-20-13-8-7-11(17)9-12(13)14(19-15(18)16(20)21)10-5-3-2-4-6-10/h2-9,15H,1H3;2-9,15H,18H2,1H3. The zero-order valence-corrected chi connectivity index (χ0v) is 23.7. The van der Waals surface area contributed by atoms with E-state index < -0.39 is 24.1 Å². The van der Waals surface area contributed by atoms with E-state index in [9.17, 15) is 18.4 Å². The van der Waals surface area contributed by atoms with E-state index in [0.29, 0.717) is 39.5 Å². The highest BCUT2D eigenvalue weighted by Crippen LogP contribution is 2.29. The third kappa shape index (κ3) is 5.93. The van der Waals surface area contributed by atoms with Crippen LogP contribution in [0.25, 0.3) is 10.4 Å². The smallest absolute Gasteiger partial charge is 0.266 e. The maximum absolute atomic E-state index is 13.7. The maximum Gasteiger partial charge on any atom is 0.266 e. The molecule has 0 aromatic heterocycles. The molecule has 0 saturated heterocycles. The number of hydrogen-bond donors (Lipinski definition) is 1. The van der Waals surface area contributed by atoms with E-state index in [-0.39, 0.29) is 11.7 Å². The number of nitrogens with two attached hydrogens (primary N) is 1. The zero-order chi connectivity index (χ0) is 31.4. The lowest BCUT2D eigenvalue weighted by atomic mass is 10.00. The molecule has 10 nitrogen and oxygen atoms in total. The van der Waals surface area contributed by atoms with Gasteiger partial charge in [0.25, 0.3) is 11.8 Å². The number of likely N-dealkylation sites (N-methyl/N-ethyl adjacent to an activating group) is 2. The number of halogens is 2. The second kappa shape index (κ2) is 12.7. The molecule has 6 rings (SSSR count). The average Bonchev–Trinajstić information content (AvgIpc) is 3.20. The molecule has 4 aromatic rings. The van der Waals surface area contributed by atoms with Crippen LogP contribution >= 0.6 is 0 Å². The van der Waals surface area contributed by atoms with Crippen LogP contribution in [-0.2, 0) is 9.59 Å². The fourth-order valence-corrected chi connectivity index (χ4v) is 4.88. The molecule has 44 heavy (non-hydrogen) atoms. The molecule has 4 aromatic carbocycles. The van der Waals surface area contributed by atoms with Crippen molar-refractivity contribution in [3.05, 3.63) is 141 Å². The molecular weight excluding hydrogens is 566 g/mol. The third-order valence-corrected chi connectivity index (χ3v) is 7.06. The Morgan fingerprint density at radius 3 is 1.66 bits per heavy atom. The summed E-state index contributed by atoms with van der Waals surface area (Å²) in [4.78, 5) is 38.6. The molecule has 2 N–H and O–H groups in total. The second-order valence-electron chi connectivity index (χ2n) is 9.83. The first-order valence-corrected chi connectivity index (χ1v) is 13.4. The zero-order valence-electron chi connectivity index (χ0n) is 23.7. The molecule has 220 valence electrons. The van der Waals surface area contributed by atoms with Crippen LogP contribution < -0.4 is 15.5 Å². The molecule has 0 fully saturated rings. The number of nitrogens with zero attached hydrogens (tertiary/aromatic N) is 7. The Labute approximate surface area is 251 Å². The van der Waals surface area contributed by atoms with Gasteiger partial charge in [0.15, 0.2) is 6.17 Å².